The Morgan fingerprint density at radius 2 is 0.700 bits per heavy atom. The van der Waals surface area contributed by atoms with Crippen molar-refractivity contribution in [2.24, 2.45) is 0 Å². The van der Waals surface area contributed by atoms with Crippen LogP contribution in [0.15, 0.2) is 158 Å². The molecule has 0 aliphatic rings. The molecule has 0 bridgehead atoms. The molecule has 0 aliphatic carbocycles. The maximum absolute atomic E-state index is 5.43. The van der Waals surface area contributed by atoms with Gasteiger partial charge >= 0.3 is 0 Å². The van der Waals surface area contributed by atoms with Crippen molar-refractivity contribution < 1.29 is 0 Å². The standard InChI is InChI=1S/C44H32N6/c1-29-26-27-37(30(2)45-29)44-49-42(34-22-13-6-14-23-34)48-43(50-44)36-25-15-24-35(28-36)41-40(33-20-11-5-12-21-33)46-38(31-16-7-3-8-17-31)39(47-41)32-18-9-4-10-19-32/h3-28H,1-2H3. The normalized spacial score (nSPS) is 11.0. The molecule has 0 spiro atoms. The summed E-state index contributed by atoms with van der Waals surface area (Å²) in [4.78, 5) is 30.5. The molecule has 238 valence electrons. The summed E-state index contributed by atoms with van der Waals surface area (Å²) >= 11 is 0. The van der Waals surface area contributed by atoms with Crippen LogP contribution >= 0.6 is 0 Å². The van der Waals surface area contributed by atoms with Crippen LogP contribution in [0.5, 0.6) is 0 Å². The van der Waals surface area contributed by atoms with E-state index in [-0.39, 0.29) is 0 Å². The third-order valence-corrected chi connectivity index (χ3v) is 8.57. The van der Waals surface area contributed by atoms with Crippen molar-refractivity contribution in [2.75, 3.05) is 0 Å². The highest BCUT2D eigenvalue weighted by atomic mass is 15.0. The predicted octanol–water partition coefficient (Wildman–Crippen LogP) is 10.3. The number of nitrogens with zero attached hydrogens (tertiary/aromatic N) is 6. The van der Waals surface area contributed by atoms with Gasteiger partial charge in [-0.05, 0) is 32.0 Å². The molecular weight excluding hydrogens is 613 g/mol. The smallest absolute Gasteiger partial charge is 0.165 e. The first-order chi connectivity index (χ1) is 24.6. The first-order valence-electron chi connectivity index (χ1n) is 16.6. The van der Waals surface area contributed by atoms with Crippen molar-refractivity contribution in [1.82, 2.24) is 29.9 Å². The van der Waals surface area contributed by atoms with E-state index in [1.165, 1.54) is 0 Å². The van der Waals surface area contributed by atoms with E-state index in [4.69, 9.17) is 29.9 Å². The fraction of sp³-hybridized carbons (Fsp3) is 0.0455. The maximum Gasteiger partial charge on any atom is 0.165 e. The lowest BCUT2D eigenvalue weighted by molar-refractivity contribution is 1.05. The largest absolute Gasteiger partial charge is 0.258 e. The molecule has 0 amide bonds. The second-order valence-electron chi connectivity index (χ2n) is 12.1. The number of aromatic nitrogens is 6. The quantitative estimate of drug-likeness (QED) is 0.172. The Morgan fingerprint density at radius 1 is 0.300 bits per heavy atom. The monoisotopic (exact) mass is 644 g/mol. The van der Waals surface area contributed by atoms with E-state index in [0.29, 0.717) is 17.5 Å². The van der Waals surface area contributed by atoms with Gasteiger partial charge in [0.1, 0.15) is 0 Å². The van der Waals surface area contributed by atoms with Gasteiger partial charge in [-0.1, -0.05) is 140 Å². The third kappa shape index (κ3) is 6.18. The highest BCUT2D eigenvalue weighted by Crippen LogP contribution is 2.38. The summed E-state index contributed by atoms with van der Waals surface area (Å²) in [5.74, 6) is 1.74. The Kier molecular flexibility index (Phi) is 8.25. The van der Waals surface area contributed by atoms with Crippen LogP contribution in [0.4, 0.5) is 0 Å². The van der Waals surface area contributed by atoms with Gasteiger partial charge in [0.05, 0.1) is 22.8 Å². The van der Waals surface area contributed by atoms with Crippen molar-refractivity contribution in [3.8, 4) is 79.2 Å². The van der Waals surface area contributed by atoms with Crippen molar-refractivity contribution in [2.45, 2.75) is 13.8 Å². The molecule has 0 radical (unpaired) electrons. The third-order valence-electron chi connectivity index (χ3n) is 8.57. The Bertz CT molecular complexity index is 2430. The Labute approximate surface area is 291 Å². The van der Waals surface area contributed by atoms with Gasteiger partial charge in [-0.3, -0.25) is 4.98 Å². The van der Waals surface area contributed by atoms with Crippen molar-refractivity contribution >= 4 is 0 Å². The first-order valence-corrected chi connectivity index (χ1v) is 16.6. The molecule has 8 rings (SSSR count). The molecule has 0 aliphatic heterocycles. The minimum absolute atomic E-state index is 0.564. The molecule has 3 aromatic heterocycles. The molecule has 6 nitrogen and oxygen atoms in total. The molecule has 0 saturated heterocycles. The topological polar surface area (TPSA) is 77.3 Å². The Morgan fingerprint density at radius 3 is 1.20 bits per heavy atom. The highest BCUT2D eigenvalue weighted by molar-refractivity contribution is 5.87. The number of hydrogen-bond donors (Lipinski definition) is 0. The average molecular weight is 645 g/mol. The van der Waals surface area contributed by atoms with Crippen LogP contribution in [0.1, 0.15) is 11.4 Å². The van der Waals surface area contributed by atoms with Gasteiger partial charge in [0.25, 0.3) is 0 Å². The summed E-state index contributed by atoms with van der Waals surface area (Å²) < 4.78 is 0. The number of aryl methyl sites for hydroxylation is 2. The fourth-order valence-corrected chi connectivity index (χ4v) is 6.10. The van der Waals surface area contributed by atoms with Crippen LogP contribution in [0, 0.1) is 13.8 Å². The average Bonchev–Trinajstić information content (AvgIpc) is 3.18. The van der Waals surface area contributed by atoms with Crippen LogP contribution in [-0.4, -0.2) is 29.9 Å². The molecule has 0 atom stereocenters. The molecule has 5 aromatic carbocycles. The lowest BCUT2D eigenvalue weighted by Gasteiger charge is -2.16. The minimum Gasteiger partial charge on any atom is -0.258 e. The molecular formula is C44H32N6. The van der Waals surface area contributed by atoms with Crippen LogP contribution in [0.2, 0.25) is 0 Å². The van der Waals surface area contributed by atoms with Crippen LogP contribution in [0.3, 0.4) is 0 Å². The van der Waals surface area contributed by atoms with Gasteiger partial charge < -0.3 is 0 Å². The van der Waals surface area contributed by atoms with Crippen molar-refractivity contribution in [3.05, 3.63) is 169 Å². The van der Waals surface area contributed by atoms with Gasteiger partial charge in [0.15, 0.2) is 17.5 Å². The predicted molar refractivity (Wildman–Crippen MR) is 201 cm³/mol. The van der Waals surface area contributed by atoms with Gasteiger partial charge in [0, 0.05) is 50.3 Å². The summed E-state index contributed by atoms with van der Waals surface area (Å²) in [6, 6.07) is 53.0. The second-order valence-corrected chi connectivity index (χ2v) is 12.1. The van der Waals surface area contributed by atoms with Crippen molar-refractivity contribution in [3.63, 3.8) is 0 Å². The minimum atomic E-state index is 0.564. The lowest BCUT2D eigenvalue weighted by atomic mass is 9.98. The Hall–Kier alpha value is -6.66. The van der Waals surface area contributed by atoms with E-state index in [2.05, 4.69) is 48.5 Å². The molecule has 3 heterocycles. The molecule has 50 heavy (non-hydrogen) atoms. The summed E-state index contributed by atoms with van der Waals surface area (Å²) in [6.45, 7) is 3.97. The number of hydrogen-bond acceptors (Lipinski definition) is 6. The Balaban J connectivity index is 1.34. The summed E-state index contributed by atoms with van der Waals surface area (Å²) in [5, 5.41) is 0. The van der Waals surface area contributed by atoms with Crippen molar-refractivity contribution in [1.29, 1.82) is 0 Å². The number of pyridine rings is 1. The van der Waals surface area contributed by atoms with Gasteiger partial charge in [-0.15, -0.1) is 0 Å². The zero-order valence-electron chi connectivity index (χ0n) is 27.7. The number of rotatable bonds is 7. The van der Waals surface area contributed by atoms with E-state index in [9.17, 15) is 0 Å². The fourth-order valence-electron chi connectivity index (χ4n) is 6.10. The highest BCUT2D eigenvalue weighted by Gasteiger charge is 2.21. The first kappa shape index (κ1) is 30.7. The summed E-state index contributed by atoms with van der Waals surface area (Å²) in [7, 11) is 0. The molecule has 0 fully saturated rings. The van der Waals surface area contributed by atoms with Gasteiger partial charge in [-0.25, -0.2) is 24.9 Å². The van der Waals surface area contributed by atoms with Crippen LogP contribution in [-0.2, 0) is 0 Å². The van der Waals surface area contributed by atoms with E-state index in [1.807, 2.05) is 123 Å². The maximum atomic E-state index is 5.43. The van der Waals surface area contributed by atoms with Crippen LogP contribution < -0.4 is 0 Å². The van der Waals surface area contributed by atoms with Gasteiger partial charge in [0.2, 0.25) is 0 Å². The SMILES string of the molecule is Cc1ccc(-c2nc(-c3ccccc3)nc(-c3cccc(-c4nc(-c5ccccc5)c(-c5ccccc5)nc4-c4ccccc4)c3)n2)c(C)n1. The molecule has 8 aromatic rings. The summed E-state index contributed by atoms with van der Waals surface area (Å²) in [5.41, 5.74) is 11.5. The number of benzene rings is 5. The molecule has 6 heteroatoms. The zero-order valence-corrected chi connectivity index (χ0v) is 27.7. The van der Waals surface area contributed by atoms with E-state index in [0.717, 1.165) is 73.1 Å². The molecule has 0 unspecified atom stereocenters. The van der Waals surface area contributed by atoms with E-state index in [1.54, 1.807) is 0 Å². The zero-order chi connectivity index (χ0) is 33.9. The van der Waals surface area contributed by atoms with E-state index < -0.39 is 0 Å². The second kappa shape index (κ2) is 13.5. The van der Waals surface area contributed by atoms with E-state index >= 15 is 0 Å². The summed E-state index contributed by atoms with van der Waals surface area (Å²) in [6.07, 6.45) is 0. The van der Waals surface area contributed by atoms with Crippen LogP contribution in [0.25, 0.3) is 79.2 Å². The lowest BCUT2D eigenvalue weighted by Crippen LogP contribution is -2.03. The van der Waals surface area contributed by atoms with Gasteiger partial charge in [-0.2, -0.15) is 0 Å². The molecule has 0 saturated carbocycles. The molecule has 0 N–H and O–H groups in total.